The fourth-order valence-corrected chi connectivity index (χ4v) is 2.11. The number of carbonyl (C=O) groups is 1. The average Bonchev–Trinajstić information content (AvgIpc) is 2.52. The van der Waals surface area contributed by atoms with Gasteiger partial charge in [0.15, 0.2) is 5.75 Å². The van der Waals surface area contributed by atoms with E-state index in [1.165, 1.54) is 14.2 Å². The number of carbonyl (C=O) groups excluding carboxylic acids is 1. The van der Waals surface area contributed by atoms with Crippen LogP contribution in [0.25, 0.3) is 17.1 Å². The number of hydrogen-bond acceptors (Lipinski definition) is 6. The summed E-state index contributed by atoms with van der Waals surface area (Å²) in [5, 5.41) is 0. The van der Waals surface area contributed by atoms with Crippen LogP contribution in [0.4, 0.5) is 0 Å². The molecule has 2 aromatic rings. The molecule has 0 N–H and O–H groups in total. The molecule has 0 saturated carbocycles. The van der Waals surface area contributed by atoms with Crippen molar-refractivity contribution in [2.75, 3.05) is 14.2 Å². The lowest BCUT2D eigenvalue weighted by Gasteiger charge is -2.24. The van der Waals surface area contributed by atoms with Crippen molar-refractivity contribution in [3.8, 4) is 5.75 Å². The lowest BCUT2D eigenvalue weighted by Crippen LogP contribution is -2.29. The van der Waals surface area contributed by atoms with Crippen molar-refractivity contribution in [1.82, 2.24) is 9.97 Å². The summed E-state index contributed by atoms with van der Waals surface area (Å²) >= 11 is 0. The minimum atomic E-state index is -0.807. The number of fused-ring (bicyclic) bond motifs is 3. The topological polar surface area (TPSA) is 70.5 Å². The number of hydrogen-bond donors (Lipinski definition) is 0. The van der Waals surface area contributed by atoms with Gasteiger partial charge in [0.05, 0.1) is 24.3 Å². The predicted octanol–water partition coefficient (Wildman–Crippen LogP) is 1.55. The van der Waals surface area contributed by atoms with E-state index in [9.17, 15) is 4.79 Å². The van der Waals surface area contributed by atoms with Gasteiger partial charge in [0, 0.05) is 18.9 Å². The molecule has 6 heteroatoms. The van der Waals surface area contributed by atoms with E-state index in [2.05, 4.69) is 9.97 Å². The molecule has 0 aliphatic carbocycles. The average molecular weight is 272 g/mol. The lowest BCUT2D eigenvalue weighted by molar-refractivity contribution is -0.140. The molecule has 1 aliphatic heterocycles. The van der Waals surface area contributed by atoms with Gasteiger partial charge in [0.25, 0.3) is 0 Å². The Morgan fingerprint density at radius 2 is 2.20 bits per heavy atom. The third-order valence-electron chi connectivity index (χ3n) is 3.05. The SMILES string of the molecule is COC(=O)C1=Cc2c(cnc3cccnc23)OC1OC. The van der Waals surface area contributed by atoms with Gasteiger partial charge in [-0.1, -0.05) is 0 Å². The van der Waals surface area contributed by atoms with E-state index < -0.39 is 12.3 Å². The summed E-state index contributed by atoms with van der Waals surface area (Å²) in [5.41, 5.74) is 2.39. The van der Waals surface area contributed by atoms with Crippen molar-refractivity contribution in [3.63, 3.8) is 0 Å². The molecule has 0 spiro atoms. The molecular formula is C14H12N2O4. The van der Waals surface area contributed by atoms with Gasteiger partial charge in [-0.25, -0.2) is 4.79 Å². The monoisotopic (exact) mass is 272 g/mol. The highest BCUT2D eigenvalue weighted by atomic mass is 16.7. The molecule has 1 aliphatic rings. The van der Waals surface area contributed by atoms with Crippen LogP contribution in [0.5, 0.6) is 5.75 Å². The van der Waals surface area contributed by atoms with E-state index in [0.717, 1.165) is 5.52 Å². The molecule has 3 rings (SSSR count). The first-order valence-electron chi connectivity index (χ1n) is 5.97. The van der Waals surface area contributed by atoms with Gasteiger partial charge in [-0.3, -0.25) is 9.97 Å². The van der Waals surface area contributed by atoms with Gasteiger partial charge in [0.1, 0.15) is 5.57 Å². The second kappa shape index (κ2) is 4.90. The molecule has 3 heterocycles. The number of rotatable bonds is 2. The summed E-state index contributed by atoms with van der Waals surface area (Å²) in [6, 6.07) is 3.64. The maximum atomic E-state index is 11.8. The minimum absolute atomic E-state index is 0.292. The Hall–Kier alpha value is -2.47. The maximum Gasteiger partial charge on any atom is 0.340 e. The second-order valence-corrected chi connectivity index (χ2v) is 4.18. The largest absolute Gasteiger partial charge is 0.465 e. The summed E-state index contributed by atoms with van der Waals surface area (Å²) in [6.07, 6.45) is 4.13. The van der Waals surface area contributed by atoms with Gasteiger partial charge in [-0.05, 0) is 18.2 Å². The van der Waals surface area contributed by atoms with Crippen LogP contribution in [0.2, 0.25) is 0 Å². The molecule has 6 nitrogen and oxygen atoms in total. The van der Waals surface area contributed by atoms with E-state index >= 15 is 0 Å². The molecule has 2 aromatic heterocycles. The van der Waals surface area contributed by atoms with Crippen molar-refractivity contribution in [1.29, 1.82) is 0 Å². The Balaban J connectivity index is 2.22. The normalized spacial score (nSPS) is 17.1. The molecule has 0 fully saturated rings. The first-order chi connectivity index (χ1) is 9.74. The smallest absolute Gasteiger partial charge is 0.340 e. The molecule has 0 radical (unpaired) electrons. The van der Waals surface area contributed by atoms with Crippen LogP contribution in [-0.4, -0.2) is 36.4 Å². The second-order valence-electron chi connectivity index (χ2n) is 4.18. The molecule has 0 bridgehead atoms. The van der Waals surface area contributed by atoms with Crippen molar-refractivity contribution in [2.24, 2.45) is 0 Å². The summed E-state index contributed by atoms with van der Waals surface area (Å²) in [6.45, 7) is 0. The van der Waals surface area contributed by atoms with Crippen LogP contribution in [0.1, 0.15) is 5.56 Å². The van der Waals surface area contributed by atoms with Crippen LogP contribution in [0.3, 0.4) is 0 Å². The highest BCUT2D eigenvalue weighted by Gasteiger charge is 2.29. The number of methoxy groups -OCH3 is 2. The van der Waals surface area contributed by atoms with Crippen molar-refractivity contribution in [3.05, 3.63) is 35.7 Å². The Labute approximate surface area is 115 Å². The van der Waals surface area contributed by atoms with E-state index in [1.54, 1.807) is 24.5 Å². The fourth-order valence-electron chi connectivity index (χ4n) is 2.11. The van der Waals surface area contributed by atoms with Gasteiger partial charge in [-0.2, -0.15) is 0 Å². The van der Waals surface area contributed by atoms with Crippen LogP contribution in [0.15, 0.2) is 30.1 Å². The molecule has 1 atom stereocenters. The highest BCUT2D eigenvalue weighted by molar-refractivity contribution is 5.99. The Bertz CT molecular complexity index is 711. The van der Waals surface area contributed by atoms with Crippen LogP contribution in [0, 0.1) is 0 Å². The van der Waals surface area contributed by atoms with Crippen molar-refractivity contribution < 1.29 is 19.0 Å². The molecule has 1 unspecified atom stereocenters. The zero-order valence-electron chi connectivity index (χ0n) is 11.0. The van der Waals surface area contributed by atoms with Gasteiger partial charge in [0.2, 0.25) is 6.29 Å². The first kappa shape index (κ1) is 12.6. The number of aromatic nitrogens is 2. The third kappa shape index (κ3) is 1.90. The fraction of sp³-hybridized carbons (Fsp3) is 0.214. The molecule has 0 aromatic carbocycles. The number of esters is 1. The van der Waals surface area contributed by atoms with Crippen LogP contribution in [-0.2, 0) is 14.3 Å². The minimum Gasteiger partial charge on any atom is -0.465 e. The molecular weight excluding hydrogens is 260 g/mol. The quantitative estimate of drug-likeness (QED) is 0.772. The zero-order chi connectivity index (χ0) is 14.1. The van der Waals surface area contributed by atoms with Gasteiger partial charge >= 0.3 is 5.97 Å². The van der Waals surface area contributed by atoms with Crippen molar-refractivity contribution >= 4 is 23.1 Å². The first-order valence-corrected chi connectivity index (χ1v) is 5.97. The summed E-state index contributed by atoms with van der Waals surface area (Å²) in [4.78, 5) is 20.3. The van der Waals surface area contributed by atoms with Gasteiger partial charge < -0.3 is 14.2 Å². The number of ether oxygens (including phenoxy) is 3. The van der Waals surface area contributed by atoms with Crippen LogP contribution >= 0.6 is 0 Å². The van der Waals surface area contributed by atoms with Gasteiger partial charge in [-0.15, -0.1) is 0 Å². The number of pyridine rings is 2. The van der Waals surface area contributed by atoms with E-state index in [-0.39, 0.29) is 0 Å². The molecule has 0 amide bonds. The third-order valence-corrected chi connectivity index (χ3v) is 3.05. The van der Waals surface area contributed by atoms with Crippen LogP contribution < -0.4 is 4.74 Å². The number of nitrogens with zero attached hydrogens (tertiary/aromatic N) is 2. The lowest BCUT2D eigenvalue weighted by atomic mass is 10.1. The van der Waals surface area contributed by atoms with Crippen molar-refractivity contribution in [2.45, 2.75) is 6.29 Å². The standard InChI is InChI=1S/C14H12N2O4/c1-18-13(17)9-6-8-11(20-14(9)19-2)7-16-10-4-3-5-15-12(8)10/h3-7,14H,1-2H3. The highest BCUT2D eigenvalue weighted by Crippen LogP contribution is 2.33. The van der Waals surface area contributed by atoms with E-state index in [1.807, 2.05) is 6.07 Å². The predicted molar refractivity (Wildman–Crippen MR) is 71.0 cm³/mol. The van der Waals surface area contributed by atoms with E-state index in [0.29, 0.717) is 22.4 Å². The zero-order valence-corrected chi connectivity index (χ0v) is 11.0. The summed E-state index contributed by atoms with van der Waals surface area (Å²) in [5.74, 6) is 0.0269. The Morgan fingerprint density at radius 3 is 2.95 bits per heavy atom. The maximum absolute atomic E-state index is 11.8. The summed E-state index contributed by atoms with van der Waals surface area (Å²) in [7, 11) is 2.77. The Kier molecular flexibility index (Phi) is 3.08. The molecule has 20 heavy (non-hydrogen) atoms. The summed E-state index contributed by atoms with van der Waals surface area (Å²) < 4.78 is 15.5. The molecule has 0 saturated heterocycles. The molecule has 102 valence electrons. The Morgan fingerprint density at radius 1 is 1.35 bits per heavy atom. The van der Waals surface area contributed by atoms with E-state index in [4.69, 9.17) is 14.2 Å².